The van der Waals surface area contributed by atoms with E-state index in [2.05, 4.69) is 4.90 Å². The second-order valence-corrected chi connectivity index (χ2v) is 5.68. The van der Waals surface area contributed by atoms with Crippen molar-refractivity contribution in [2.24, 2.45) is 23.5 Å². The van der Waals surface area contributed by atoms with E-state index >= 15 is 0 Å². The Labute approximate surface area is 86.8 Å². The van der Waals surface area contributed by atoms with Gasteiger partial charge in [-0.3, -0.25) is 0 Å². The third kappa shape index (κ3) is 1.70. The second kappa shape index (κ2) is 3.49. The van der Waals surface area contributed by atoms with Gasteiger partial charge in [0.1, 0.15) is 0 Å². The van der Waals surface area contributed by atoms with Gasteiger partial charge >= 0.3 is 0 Å². The first-order chi connectivity index (χ1) is 6.83. The molecule has 2 nitrogen and oxygen atoms in total. The van der Waals surface area contributed by atoms with Crippen molar-refractivity contribution in [2.45, 2.75) is 38.1 Å². The minimum absolute atomic E-state index is 0.512. The van der Waals surface area contributed by atoms with Crippen molar-refractivity contribution < 1.29 is 0 Å². The summed E-state index contributed by atoms with van der Waals surface area (Å²) in [6, 6.07) is 0.512. The van der Waals surface area contributed by atoms with Gasteiger partial charge < -0.3 is 10.6 Å². The van der Waals surface area contributed by atoms with Crippen molar-refractivity contribution in [2.75, 3.05) is 19.6 Å². The fraction of sp³-hybridized carbons (Fsp3) is 1.00. The topological polar surface area (TPSA) is 29.3 Å². The van der Waals surface area contributed by atoms with E-state index in [1.807, 2.05) is 0 Å². The highest BCUT2D eigenvalue weighted by Gasteiger charge is 2.39. The molecule has 1 aliphatic heterocycles. The molecule has 14 heavy (non-hydrogen) atoms. The van der Waals surface area contributed by atoms with E-state index in [9.17, 15) is 0 Å². The maximum atomic E-state index is 6.20. The molecule has 3 fully saturated rings. The van der Waals surface area contributed by atoms with Crippen LogP contribution < -0.4 is 5.73 Å². The second-order valence-electron chi connectivity index (χ2n) is 5.68. The SMILES string of the molecule is NC1CCCC2CN(CC3CC3)CC12. The minimum Gasteiger partial charge on any atom is -0.327 e. The number of fused-ring (bicyclic) bond motifs is 1. The third-order valence-corrected chi connectivity index (χ3v) is 4.44. The Bertz CT molecular complexity index is 212. The molecular weight excluding hydrogens is 172 g/mol. The Balaban J connectivity index is 1.59. The van der Waals surface area contributed by atoms with Crippen molar-refractivity contribution in [3.05, 3.63) is 0 Å². The van der Waals surface area contributed by atoms with E-state index in [0.29, 0.717) is 6.04 Å². The highest BCUT2D eigenvalue weighted by atomic mass is 15.2. The number of likely N-dealkylation sites (tertiary alicyclic amines) is 1. The molecule has 0 amide bonds. The molecule has 2 N–H and O–H groups in total. The lowest BCUT2D eigenvalue weighted by molar-refractivity contribution is 0.259. The van der Waals surface area contributed by atoms with Crippen LogP contribution in [0.1, 0.15) is 32.1 Å². The zero-order valence-corrected chi connectivity index (χ0v) is 8.99. The Morgan fingerprint density at radius 3 is 2.64 bits per heavy atom. The molecule has 3 rings (SSSR count). The predicted octanol–water partition coefficient (Wildman–Crippen LogP) is 1.46. The van der Waals surface area contributed by atoms with E-state index in [-0.39, 0.29) is 0 Å². The number of nitrogens with zero attached hydrogens (tertiary/aromatic N) is 1. The molecule has 2 heteroatoms. The number of hydrogen-bond donors (Lipinski definition) is 1. The zero-order chi connectivity index (χ0) is 9.54. The van der Waals surface area contributed by atoms with E-state index in [1.165, 1.54) is 51.7 Å². The first-order valence-corrected chi connectivity index (χ1v) is 6.31. The molecule has 3 aliphatic rings. The quantitative estimate of drug-likeness (QED) is 0.721. The molecule has 2 aliphatic carbocycles. The average molecular weight is 194 g/mol. The van der Waals surface area contributed by atoms with Gasteiger partial charge in [-0.1, -0.05) is 6.42 Å². The first kappa shape index (κ1) is 9.17. The third-order valence-electron chi connectivity index (χ3n) is 4.44. The summed E-state index contributed by atoms with van der Waals surface area (Å²) in [7, 11) is 0. The Morgan fingerprint density at radius 1 is 1.07 bits per heavy atom. The average Bonchev–Trinajstić information content (AvgIpc) is 2.84. The van der Waals surface area contributed by atoms with E-state index in [1.54, 1.807) is 0 Å². The highest BCUT2D eigenvalue weighted by molar-refractivity contribution is 4.94. The maximum Gasteiger partial charge on any atom is 0.00825 e. The van der Waals surface area contributed by atoms with Crippen molar-refractivity contribution in [1.29, 1.82) is 0 Å². The molecule has 80 valence electrons. The van der Waals surface area contributed by atoms with Gasteiger partial charge in [-0.2, -0.15) is 0 Å². The summed E-state index contributed by atoms with van der Waals surface area (Å²) in [5.74, 6) is 2.83. The molecule has 1 saturated heterocycles. The van der Waals surface area contributed by atoms with Crippen LogP contribution in [-0.2, 0) is 0 Å². The van der Waals surface area contributed by atoms with Gasteiger partial charge in [0.2, 0.25) is 0 Å². The molecule has 1 heterocycles. The van der Waals surface area contributed by atoms with E-state index in [0.717, 1.165) is 17.8 Å². The van der Waals surface area contributed by atoms with Crippen LogP contribution >= 0.6 is 0 Å². The molecule has 0 spiro atoms. The lowest BCUT2D eigenvalue weighted by atomic mass is 9.78. The van der Waals surface area contributed by atoms with Crippen molar-refractivity contribution in [3.63, 3.8) is 0 Å². The molecule has 3 unspecified atom stereocenters. The lowest BCUT2D eigenvalue weighted by Gasteiger charge is -2.29. The smallest absolute Gasteiger partial charge is 0.00825 e. The van der Waals surface area contributed by atoms with Crippen LogP contribution in [0, 0.1) is 17.8 Å². The molecule has 0 aromatic heterocycles. The highest BCUT2D eigenvalue weighted by Crippen LogP contribution is 2.38. The summed E-state index contributed by atoms with van der Waals surface area (Å²) >= 11 is 0. The largest absolute Gasteiger partial charge is 0.327 e. The summed E-state index contributed by atoms with van der Waals surface area (Å²) in [5.41, 5.74) is 6.20. The summed E-state index contributed by atoms with van der Waals surface area (Å²) < 4.78 is 0. The Morgan fingerprint density at radius 2 is 1.93 bits per heavy atom. The Kier molecular flexibility index (Phi) is 2.29. The van der Waals surface area contributed by atoms with Gasteiger partial charge in [-0.15, -0.1) is 0 Å². The van der Waals surface area contributed by atoms with E-state index in [4.69, 9.17) is 5.73 Å². The summed E-state index contributed by atoms with van der Waals surface area (Å²) in [4.78, 5) is 2.69. The van der Waals surface area contributed by atoms with Crippen LogP contribution in [0.3, 0.4) is 0 Å². The van der Waals surface area contributed by atoms with Gasteiger partial charge in [0.25, 0.3) is 0 Å². The molecule has 0 radical (unpaired) electrons. The van der Waals surface area contributed by atoms with Gasteiger partial charge in [0.15, 0.2) is 0 Å². The summed E-state index contributed by atoms with van der Waals surface area (Å²) in [6.45, 7) is 4.04. The summed E-state index contributed by atoms with van der Waals surface area (Å²) in [5, 5.41) is 0. The normalized spacial score (nSPS) is 43.9. The van der Waals surface area contributed by atoms with Crippen LogP contribution in [-0.4, -0.2) is 30.6 Å². The molecule has 0 aromatic rings. The van der Waals surface area contributed by atoms with Crippen LogP contribution in [0.15, 0.2) is 0 Å². The fourth-order valence-electron chi connectivity index (χ4n) is 3.42. The van der Waals surface area contributed by atoms with Gasteiger partial charge in [0.05, 0.1) is 0 Å². The van der Waals surface area contributed by atoms with Gasteiger partial charge in [-0.05, 0) is 43.4 Å². The van der Waals surface area contributed by atoms with Crippen molar-refractivity contribution >= 4 is 0 Å². The van der Waals surface area contributed by atoms with Crippen LogP contribution in [0.4, 0.5) is 0 Å². The van der Waals surface area contributed by atoms with Crippen molar-refractivity contribution in [3.8, 4) is 0 Å². The molecule has 3 atom stereocenters. The van der Waals surface area contributed by atoms with Gasteiger partial charge in [-0.25, -0.2) is 0 Å². The van der Waals surface area contributed by atoms with Crippen LogP contribution in [0.25, 0.3) is 0 Å². The van der Waals surface area contributed by atoms with Crippen molar-refractivity contribution in [1.82, 2.24) is 4.90 Å². The van der Waals surface area contributed by atoms with Crippen LogP contribution in [0.5, 0.6) is 0 Å². The predicted molar refractivity (Wildman–Crippen MR) is 58.0 cm³/mol. The van der Waals surface area contributed by atoms with Crippen LogP contribution in [0.2, 0.25) is 0 Å². The van der Waals surface area contributed by atoms with E-state index < -0.39 is 0 Å². The Hall–Kier alpha value is -0.0800. The molecule has 0 aromatic carbocycles. The van der Waals surface area contributed by atoms with Gasteiger partial charge in [0, 0.05) is 25.7 Å². The molecule has 0 bridgehead atoms. The number of nitrogens with two attached hydrogens (primary N) is 1. The fourth-order valence-corrected chi connectivity index (χ4v) is 3.42. The lowest BCUT2D eigenvalue weighted by Crippen LogP contribution is -2.38. The zero-order valence-electron chi connectivity index (χ0n) is 8.99. The maximum absolute atomic E-state index is 6.20. The minimum atomic E-state index is 0.512. The number of rotatable bonds is 2. The molecular formula is C12H22N2. The molecule has 2 saturated carbocycles. The monoisotopic (exact) mass is 194 g/mol. The summed E-state index contributed by atoms with van der Waals surface area (Å²) in [6.07, 6.45) is 7.06. The first-order valence-electron chi connectivity index (χ1n) is 6.31. The standard InChI is InChI=1S/C12H22N2/c13-12-3-1-2-10-7-14(8-11(10)12)6-9-4-5-9/h9-12H,1-8,13H2. The number of hydrogen-bond acceptors (Lipinski definition) is 2.